The molecule has 5 nitrogen and oxygen atoms in total. The zero-order valence-corrected chi connectivity index (χ0v) is 11.6. The lowest BCUT2D eigenvalue weighted by Gasteiger charge is -2.28. The number of benzene rings is 1. The number of fused-ring (bicyclic) bond motifs is 1. The second-order valence-corrected chi connectivity index (χ2v) is 6.85. The Kier molecular flexibility index (Phi) is 3.58. The van der Waals surface area contributed by atoms with E-state index in [4.69, 9.17) is 0 Å². The second kappa shape index (κ2) is 5.20. The first-order chi connectivity index (χ1) is 9.15. The number of hydrogen-bond donors (Lipinski definition) is 2. The molecular weight excluding hydrogens is 262 g/mol. The van der Waals surface area contributed by atoms with Crippen LogP contribution in [0.1, 0.15) is 11.1 Å². The smallest absolute Gasteiger partial charge is 0.279 e. The standard InChI is InChI=1S/C13H19N3O2S/c17-19(18,16-7-5-14-6-8-16)15-13-9-11-3-1-2-4-12(11)10-13/h1-4,13-15H,5-10H2. The van der Waals surface area contributed by atoms with Crippen molar-refractivity contribution in [3.8, 4) is 0 Å². The van der Waals surface area contributed by atoms with Crippen molar-refractivity contribution in [2.24, 2.45) is 0 Å². The van der Waals surface area contributed by atoms with E-state index in [9.17, 15) is 8.42 Å². The molecule has 19 heavy (non-hydrogen) atoms. The molecule has 2 aliphatic rings. The fraction of sp³-hybridized carbons (Fsp3) is 0.538. The van der Waals surface area contributed by atoms with Gasteiger partial charge in [-0.15, -0.1) is 0 Å². The molecule has 3 rings (SSSR count). The minimum Gasteiger partial charge on any atom is -0.314 e. The van der Waals surface area contributed by atoms with Crippen LogP contribution in [-0.2, 0) is 23.1 Å². The van der Waals surface area contributed by atoms with Crippen LogP contribution in [0.4, 0.5) is 0 Å². The van der Waals surface area contributed by atoms with E-state index in [0.29, 0.717) is 13.1 Å². The molecule has 1 aromatic rings. The van der Waals surface area contributed by atoms with Crippen molar-refractivity contribution in [2.45, 2.75) is 18.9 Å². The van der Waals surface area contributed by atoms with E-state index in [1.54, 1.807) is 0 Å². The van der Waals surface area contributed by atoms with Crippen LogP contribution in [0.3, 0.4) is 0 Å². The molecule has 1 aliphatic carbocycles. The fourth-order valence-electron chi connectivity index (χ4n) is 2.81. The highest BCUT2D eigenvalue weighted by Crippen LogP contribution is 2.22. The van der Waals surface area contributed by atoms with Gasteiger partial charge in [0, 0.05) is 32.2 Å². The third-order valence-electron chi connectivity index (χ3n) is 3.78. The first-order valence-electron chi connectivity index (χ1n) is 6.70. The van der Waals surface area contributed by atoms with Crippen molar-refractivity contribution in [3.63, 3.8) is 0 Å². The molecule has 0 amide bonds. The van der Waals surface area contributed by atoms with Crippen LogP contribution in [0.25, 0.3) is 0 Å². The maximum Gasteiger partial charge on any atom is 0.279 e. The van der Waals surface area contributed by atoms with E-state index in [0.717, 1.165) is 25.9 Å². The van der Waals surface area contributed by atoms with Gasteiger partial charge in [0.05, 0.1) is 0 Å². The van der Waals surface area contributed by atoms with Gasteiger partial charge in [0.25, 0.3) is 10.2 Å². The van der Waals surface area contributed by atoms with Crippen LogP contribution in [-0.4, -0.2) is 44.9 Å². The highest BCUT2D eigenvalue weighted by atomic mass is 32.2. The molecule has 104 valence electrons. The van der Waals surface area contributed by atoms with Gasteiger partial charge in [-0.05, 0) is 24.0 Å². The Morgan fingerprint density at radius 1 is 1.11 bits per heavy atom. The third kappa shape index (κ3) is 2.81. The lowest BCUT2D eigenvalue weighted by molar-refractivity contribution is 0.351. The molecule has 0 unspecified atom stereocenters. The van der Waals surface area contributed by atoms with Crippen LogP contribution in [0.15, 0.2) is 24.3 Å². The van der Waals surface area contributed by atoms with Crippen LogP contribution in [0.2, 0.25) is 0 Å². The Hall–Kier alpha value is -0.950. The monoisotopic (exact) mass is 281 g/mol. The first-order valence-corrected chi connectivity index (χ1v) is 8.14. The summed E-state index contributed by atoms with van der Waals surface area (Å²) in [6.45, 7) is 2.56. The van der Waals surface area contributed by atoms with Crippen molar-refractivity contribution in [2.75, 3.05) is 26.2 Å². The lowest BCUT2D eigenvalue weighted by Crippen LogP contribution is -2.52. The Balaban J connectivity index is 1.66. The number of nitrogens with zero attached hydrogens (tertiary/aromatic N) is 1. The molecule has 1 aromatic carbocycles. The summed E-state index contributed by atoms with van der Waals surface area (Å²) >= 11 is 0. The van der Waals surface area contributed by atoms with Crippen molar-refractivity contribution < 1.29 is 8.42 Å². The number of rotatable bonds is 3. The molecule has 1 saturated heterocycles. The van der Waals surface area contributed by atoms with E-state index >= 15 is 0 Å². The van der Waals surface area contributed by atoms with E-state index in [2.05, 4.69) is 22.2 Å². The van der Waals surface area contributed by atoms with Crippen molar-refractivity contribution >= 4 is 10.2 Å². The van der Waals surface area contributed by atoms with Gasteiger partial charge >= 0.3 is 0 Å². The summed E-state index contributed by atoms with van der Waals surface area (Å²) in [5.74, 6) is 0. The molecule has 0 aromatic heterocycles. The second-order valence-electron chi connectivity index (χ2n) is 5.15. The Labute approximate surface area is 114 Å². The molecule has 0 spiro atoms. The quantitative estimate of drug-likeness (QED) is 0.813. The largest absolute Gasteiger partial charge is 0.314 e. The summed E-state index contributed by atoms with van der Waals surface area (Å²) < 4.78 is 28.9. The molecule has 0 bridgehead atoms. The predicted molar refractivity (Wildman–Crippen MR) is 74.1 cm³/mol. The van der Waals surface area contributed by atoms with Gasteiger partial charge in [-0.1, -0.05) is 24.3 Å². The maximum atomic E-state index is 12.3. The van der Waals surface area contributed by atoms with E-state index < -0.39 is 10.2 Å². The topological polar surface area (TPSA) is 61.4 Å². The summed E-state index contributed by atoms with van der Waals surface area (Å²) in [5.41, 5.74) is 2.52. The molecule has 0 radical (unpaired) electrons. The van der Waals surface area contributed by atoms with E-state index in [1.807, 2.05) is 12.1 Å². The van der Waals surface area contributed by atoms with E-state index in [-0.39, 0.29) is 6.04 Å². The zero-order chi connectivity index (χ0) is 13.3. The number of piperazine rings is 1. The Morgan fingerprint density at radius 2 is 1.68 bits per heavy atom. The van der Waals surface area contributed by atoms with Crippen LogP contribution in [0, 0.1) is 0 Å². The van der Waals surface area contributed by atoms with Gasteiger partial charge in [0.2, 0.25) is 0 Å². The third-order valence-corrected chi connectivity index (χ3v) is 5.46. The maximum absolute atomic E-state index is 12.3. The van der Waals surface area contributed by atoms with Crippen molar-refractivity contribution in [3.05, 3.63) is 35.4 Å². The van der Waals surface area contributed by atoms with Gasteiger partial charge < -0.3 is 5.32 Å². The lowest BCUT2D eigenvalue weighted by atomic mass is 10.1. The van der Waals surface area contributed by atoms with Crippen molar-refractivity contribution in [1.29, 1.82) is 0 Å². The molecule has 2 N–H and O–H groups in total. The minimum absolute atomic E-state index is 0.00251. The first kappa shape index (κ1) is 13.1. The highest BCUT2D eigenvalue weighted by molar-refractivity contribution is 7.87. The minimum atomic E-state index is -3.34. The number of nitrogens with one attached hydrogen (secondary N) is 2. The Morgan fingerprint density at radius 3 is 2.26 bits per heavy atom. The van der Waals surface area contributed by atoms with Gasteiger partial charge in [0.15, 0.2) is 0 Å². The zero-order valence-electron chi connectivity index (χ0n) is 10.8. The predicted octanol–water partition coefficient (Wildman–Crippen LogP) is -0.107. The number of hydrogen-bond acceptors (Lipinski definition) is 3. The summed E-state index contributed by atoms with van der Waals surface area (Å²) in [4.78, 5) is 0. The Bertz CT molecular complexity index is 528. The molecule has 0 atom stereocenters. The molecule has 1 heterocycles. The normalized spacial score (nSPS) is 21.5. The molecule has 0 saturated carbocycles. The average molecular weight is 281 g/mol. The van der Waals surface area contributed by atoms with Gasteiger partial charge in [0.1, 0.15) is 0 Å². The summed E-state index contributed by atoms with van der Waals surface area (Å²) in [6.07, 6.45) is 1.59. The van der Waals surface area contributed by atoms with Gasteiger partial charge in [-0.25, -0.2) is 0 Å². The SMILES string of the molecule is O=S(=O)(NC1Cc2ccccc2C1)N1CCNCC1. The van der Waals surface area contributed by atoms with Crippen LogP contribution < -0.4 is 10.0 Å². The van der Waals surface area contributed by atoms with Crippen LogP contribution in [0.5, 0.6) is 0 Å². The summed E-state index contributed by atoms with van der Waals surface area (Å²) in [6, 6.07) is 8.17. The molecule has 1 fully saturated rings. The molecular formula is C13H19N3O2S. The highest BCUT2D eigenvalue weighted by Gasteiger charge is 2.29. The van der Waals surface area contributed by atoms with Gasteiger partial charge in [-0.2, -0.15) is 17.4 Å². The fourth-order valence-corrected chi connectivity index (χ4v) is 4.21. The molecule has 6 heteroatoms. The van der Waals surface area contributed by atoms with Gasteiger partial charge in [-0.3, -0.25) is 0 Å². The molecule has 1 aliphatic heterocycles. The van der Waals surface area contributed by atoms with E-state index in [1.165, 1.54) is 15.4 Å². The average Bonchev–Trinajstić information content (AvgIpc) is 2.81. The van der Waals surface area contributed by atoms with Crippen molar-refractivity contribution in [1.82, 2.24) is 14.3 Å². The summed E-state index contributed by atoms with van der Waals surface area (Å²) in [5, 5.41) is 3.16. The van der Waals surface area contributed by atoms with Crippen LogP contribution >= 0.6 is 0 Å². The summed E-state index contributed by atoms with van der Waals surface area (Å²) in [7, 11) is -3.34.